The molecule has 0 aromatic heterocycles. The average molecular weight is 451 g/mol. The van der Waals surface area contributed by atoms with Crippen molar-refractivity contribution in [3.63, 3.8) is 0 Å². The van der Waals surface area contributed by atoms with Crippen LogP contribution in [0.1, 0.15) is 45.6 Å². The highest BCUT2D eigenvalue weighted by atomic mass is 35.5. The van der Waals surface area contributed by atoms with Crippen LogP contribution in [-0.4, -0.2) is 22.1 Å². The molecule has 1 heterocycles. The number of anilines is 1. The zero-order chi connectivity index (χ0) is 22.8. The number of benzene rings is 3. The Morgan fingerprint density at radius 3 is 2.41 bits per heavy atom. The number of aliphatic carboxylic acids is 1. The molecule has 3 aromatic rings. The van der Waals surface area contributed by atoms with Gasteiger partial charge in [0.2, 0.25) is 0 Å². The number of carboxylic acids is 1. The summed E-state index contributed by atoms with van der Waals surface area (Å²) in [5.41, 5.74) is 2.42. The van der Waals surface area contributed by atoms with E-state index in [9.17, 15) is 19.8 Å². The summed E-state index contributed by atoms with van der Waals surface area (Å²) in [6, 6.07) is 19.2. The molecule has 4 rings (SSSR count). The van der Waals surface area contributed by atoms with Crippen LogP contribution in [0, 0.1) is 6.92 Å². The zero-order valence-electron chi connectivity index (χ0n) is 17.1. The third kappa shape index (κ3) is 3.95. The topological polar surface area (TPSA) is 87.1 Å². The first-order chi connectivity index (χ1) is 15.4. The van der Waals surface area contributed by atoms with E-state index < -0.39 is 24.0 Å². The highest BCUT2D eigenvalue weighted by Gasteiger charge is 2.41. The van der Waals surface area contributed by atoms with Crippen LogP contribution in [0.2, 0.25) is 5.02 Å². The minimum Gasteiger partial charge on any atom is -0.488 e. The largest absolute Gasteiger partial charge is 0.488 e. The molecular formula is C25H21ClNO5. The summed E-state index contributed by atoms with van der Waals surface area (Å²) < 4.78 is 5.89. The standard InChI is InChI=1S/C25H21ClNO5/c1-2-18(25(30)31)16-8-10-17(11-9-16)27-23(28)21-19(26)12-13-20(22(21)24(27)29)32-14-15-6-4-3-5-7-15/h3-13,18,23,28H,1-2,14H2,(H,30,31). The third-order valence-electron chi connectivity index (χ3n) is 5.49. The van der Waals surface area contributed by atoms with Gasteiger partial charge in [0.25, 0.3) is 5.91 Å². The molecule has 0 saturated carbocycles. The van der Waals surface area contributed by atoms with Crippen molar-refractivity contribution in [2.24, 2.45) is 0 Å². The SMILES string of the molecule is [CH2]CC(C(=O)O)c1ccc(N2C(=O)c3c(OCc4ccccc4)ccc(Cl)c3C2O)cc1. The van der Waals surface area contributed by atoms with Gasteiger partial charge in [-0.2, -0.15) is 0 Å². The second kappa shape index (κ2) is 9.02. The molecule has 163 valence electrons. The Morgan fingerprint density at radius 1 is 1.09 bits per heavy atom. The van der Waals surface area contributed by atoms with Crippen molar-refractivity contribution in [1.82, 2.24) is 0 Å². The third-order valence-corrected chi connectivity index (χ3v) is 5.82. The fourth-order valence-corrected chi connectivity index (χ4v) is 4.08. The predicted octanol–water partition coefficient (Wildman–Crippen LogP) is 4.96. The van der Waals surface area contributed by atoms with E-state index in [-0.39, 0.29) is 29.2 Å². The molecule has 1 amide bonds. The van der Waals surface area contributed by atoms with E-state index in [1.807, 2.05) is 30.3 Å². The number of ether oxygens (including phenoxy) is 1. The number of aliphatic hydroxyl groups excluding tert-OH is 1. The summed E-state index contributed by atoms with van der Waals surface area (Å²) in [5.74, 6) is -1.82. The van der Waals surface area contributed by atoms with Gasteiger partial charge in [-0.3, -0.25) is 14.5 Å². The Morgan fingerprint density at radius 2 is 1.78 bits per heavy atom. The highest BCUT2D eigenvalue weighted by Crippen LogP contribution is 2.44. The first-order valence-electron chi connectivity index (χ1n) is 10.0. The number of halogens is 1. The van der Waals surface area contributed by atoms with Gasteiger partial charge in [0.1, 0.15) is 12.4 Å². The second-order valence-electron chi connectivity index (χ2n) is 7.43. The van der Waals surface area contributed by atoms with Crippen LogP contribution < -0.4 is 9.64 Å². The maximum absolute atomic E-state index is 13.3. The fraction of sp³-hybridized carbons (Fsp3) is 0.160. The minimum absolute atomic E-state index is 0.198. The second-order valence-corrected chi connectivity index (χ2v) is 7.84. The van der Waals surface area contributed by atoms with Gasteiger partial charge in [-0.25, -0.2) is 0 Å². The van der Waals surface area contributed by atoms with Crippen LogP contribution in [0.15, 0.2) is 66.7 Å². The number of amides is 1. The molecule has 6 nitrogen and oxygen atoms in total. The zero-order valence-corrected chi connectivity index (χ0v) is 17.8. The van der Waals surface area contributed by atoms with Crippen LogP contribution in [0.25, 0.3) is 0 Å². The molecule has 2 unspecified atom stereocenters. The summed E-state index contributed by atoms with van der Waals surface area (Å²) in [7, 11) is 0. The van der Waals surface area contributed by atoms with Gasteiger partial charge in [0.05, 0.1) is 11.5 Å². The number of carbonyl (C=O) groups is 2. The van der Waals surface area contributed by atoms with Crippen molar-refractivity contribution in [3.8, 4) is 5.75 Å². The van der Waals surface area contributed by atoms with Crippen molar-refractivity contribution < 1.29 is 24.5 Å². The van der Waals surface area contributed by atoms with Gasteiger partial charge in [0, 0.05) is 16.3 Å². The van der Waals surface area contributed by atoms with Gasteiger partial charge in [0.15, 0.2) is 6.23 Å². The molecule has 32 heavy (non-hydrogen) atoms. The summed E-state index contributed by atoms with van der Waals surface area (Å²) >= 11 is 6.33. The fourth-order valence-electron chi connectivity index (χ4n) is 3.82. The van der Waals surface area contributed by atoms with Crippen LogP contribution in [0.3, 0.4) is 0 Å². The van der Waals surface area contributed by atoms with E-state index >= 15 is 0 Å². The number of carboxylic acid groups (broad SMARTS) is 1. The molecule has 0 aliphatic carbocycles. The lowest BCUT2D eigenvalue weighted by Crippen LogP contribution is -2.27. The molecule has 1 radical (unpaired) electrons. The number of hydrogen-bond donors (Lipinski definition) is 2. The van der Waals surface area contributed by atoms with Crippen molar-refractivity contribution in [3.05, 3.63) is 101 Å². The molecule has 0 saturated heterocycles. The van der Waals surface area contributed by atoms with Gasteiger partial charge in [-0.05, 0) is 41.8 Å². The molecule has 1 aliphatic rings. The lowest BCUT2D eigenvalue weighted by Gasteiger charge is -2.22. The van der Waals surface area contributed by atoms with Gasteiger partial charge >= 0.3 is 5.97 Å². The summed E-state index contributed by atoms with van der Waals surface area (Å²) in [5, 5.41) is 20.5. The monoisotopic (exact) mass is 450 g/mol. The number of nitrogens with zero attached hydrogens (tertiary/aromatic N) is 1. The number of carbonyl (C=O) groups excluding carboxylic acids is 1. The van der Waals surface area contributed by atoms with Crippen molar-refractivity contribution in [2.75, 3.05) is 4.90 Å². The molecule has 1 aliphatic heterocycles. The van der Waals surface area contributed by atoms with E-state index in [0.717, 1.165) is 5.56 Å². The number of rotatable bonds is 7. The number of aliphatic hydroxyl groups is 1. The van der Waals surface area contributed by atoms with Crippen LogP contribution >= 0.6 is 11.6 Å². The maximum atomic E-state index is 13.3. The Balaban J connectivity index is 1.64. The molecule has 3 aromatic carbocycles. The average Bonchev–Trinajstić information content (AvgIpc) is 3.06. The Kier molecular flexibility index (Phi) is 6.17. The first-order valence-corrected chi connectivity index (χ1v) is 10.4. The van der Waals surface area contributed by atoms with E-state index in [4.69, 9.17) is 16.3 Å². The van der Waals surface area contributed by atoms with E-state index in [0.29, 0.717) is 17.0 Å². The van der Waals surface area contributed by atoms with Gasteiger partial charge in [-0.15, -0.1) is 0 Å². The lowest BCUT2D eigenvalue weighted by molar-refractivity contribution is -0.138. The molecule has 0 bridgehead atoms. The van der Waals surface area contributed by atoms with Gasteiger partial charge in [-0.1, -0.05) is 61.0 Å². The summed E-state index contributed by atoms with van der Waals surface area (Å²) in [6.45, 7) is 3.94. The minimum atomic E-state index is -1.29. The van der Waals surface area contributed by atoms with E-state index in [1.165, 1.54) is 4.90 Å². The molecule has 0 fully saturated rings. The van der Waals surface area contributed by atoms with Gasteiger partial charge < -0.3 is 14.9 Å². The quantitative estimate of drug-likeness (QED) is 0.531. The van der Waals surface area contributed by atoms with Crippen LogP contribution in [0.5, 0.6) is 5.75 Å². The molecule has 7 heteroatoms. The predicted molar refractivity (Wildman–Crippen MR) is 121 cm³/mol. The molecule has 2 N–H and O–H groups in total. The molecular weight excluding hydrogens is 430 g/mol. The summed E-state index contributed by atoms with van der Waals surface area (Å²) in [4.78, 5) is 25.9. The number of hydrogen-bond acceptors (Lipinski definition) is 4. The molecule has 2 atom stereocenters. The van der Waals surface area contributed by atoms with E-state index in [1.54, 1.807) is 36.4 Å². The highest BCUT2D eigenvalue weighted by molar-refractivity contribution is 6.33. The lowest BCUT2D eigenvalue weighted by atomic mass is 9.96. The maximum Gasteiger partial charge on any atom is 0.310 e. The number of fused-ring (bicyclic) bond motifs is 1. The Hall–Kier alpha value is -3.35. The Labute approximate surface area is 190 Å². The van der Waals surface area contributed by atoms with Crippen molar-refractivity contribution >= 4 is 29.2 Å². The normalized spacial score (nSPS) is 16.0. The van der Waals surface area contributed by atoms with Crippen LogP contribution in [0.4, 0.5) is 5.69 Å². The van der Waals surface area contributed by atoms with Crippen LogP contribution in [-0.2, 0) is 11.4 Å². The summed E-state index contributed by atoms with van der Waals surface area (Å²) in [6.07, 6.45) is -1.09. The smallest absolute Gasteiger partial charge is 0.310 e. The van der Waals surface area contributed by atoms with Crippen molar-refractivity contribution in [2.45, 2.75) is 25.2 Å². The first kappa shape index (κ1) is 21.9. The van der Waals surface area contributed by atoms with Crippen molar-refractivity contribution in [1.29, 1.82) is 0 Å². The Bertz CT molecular complexity index is 1150. The van der Waals surface area contributed by atoms with E-state index in [2.05, 4.69) is 6.92 Å². The molecule has 0 spiro atoms.